The number of nitrogens with one attached hydrogen (secondary N) is 1. The monoisotopic (exact) mass is 420 g/mol. The predicted octanol–water partition coefficient (Wildman–Crippen LogP) is 3.95. The maximum absolute atomic E-state index is 14.1. The highest BCUT2D eigenvalue weighted by atomic mass is 79.9. The molecule has 2 aromatic carbocycles. The van der Waals surface area contributed by atoms with Crippen molar-refractivity contribution in [2.75, 3.05) is 7.11 Å². The van der Waals surface area contributed by atoms with Gasteiger partial charge in [-0.1, -0.05) is 41.1 Å². The van der Waals surface area contributed by atoms with Crippen molar-refractivity contribution >= 4 is 27.9 Å². The molecule has 0 spiro atoms. The van der Waals surface area contributed by atoms with Crippen molar-refractivity contribution in [3.05, 3.63) is 63.9 Å². The maximum atomic E-state index is 14.1. The van der Waals surface area contributed by atoms with Gasteiger partial charge in [-0.3, -0.25) is 9.69 Å². The van der Waals surface area contributed by atoms with Crippen LogP contribution < -0.4 is 10.1 Å². The highest BCUT2D eigenvalue weighted by Crippen LogP contribution is 2.34. The Balaban J connectivity index is 1.92. The third-order valence-corrected chi connectivity index (χ3v) is 5.13. The van der Waals surface area contributed by atoms with Crippen LogP contribution in [0, 0.1) is 5.82 Å². The topological polar surface area (TPSA) is 58.6 Å². The van der Waals surface area contributed by atoms with Gasteiger partial charge in [-0.15, -0.1) is 0 Å². The minimum absolute atomic E-state index is 0.123. The molecule has 1 aliphatic rings. The van der Waals surface area contributed by atoms with Crippen LogP contribution in [0.15, 0.2) is 46.9 Å². The molecule has 0 saturated carbocycles. The SMILES string of the molecule is CC[C@]1(c2ccc(OC)cc2)NC(=O)N(Cc2ccc(Br)cc2F)C1=O. The lowest BCUT2D eigenvalue weighted by Crippen LogP contribution is -2.43. The predicted molar refractivity (Wildman–Crippen MR) is 98.1 cm³/mol. The first-order chi connectivity index (χ1) is 12.4. The summed E-state index contributed by atoms with van der Waals surface area (Å²) in [4.78, 5) is 26.6. The fourth-order valence-electron chi connectivity index (χ4n) is 3.10. The van der Waals surface area contributed by atoms with E-state index < -0.39 is 23.3 Å². The molecule has 5 nitrogen and oxygen atoms in total. The highest BCUT2D eigenvalue weighted by molar-refractivity contribution is 9.10. The summed E-state index contributed by atoms with van der Waals surface area (Å²) in [7, 11) is 1.56. The van der Waals surface area contributed by atoms with Crippen molar-refractivity contribution in [1.82, 2.24) is 10.2 Å². The Morgan fingerprint density at radius 1 is 1.19 bits per heavy atom. The molecule has 0 radical (unpaired) electrons. The van der Waals surface area contributed by atoms with Gasteiger partial charge in [0.15, 0.2) is 0 Å². The van der Waals surface area contributed by atoms with Gasteiger partial charge in [-0.25, -0.2) is 9.18 Å². The molecule has 3 amide bonds. The number of imide groups is 1. The fourth-order valence-corrected chi connectivity index (χ4v) is 3.44. The first-order valence-corrected chi connectivity index (χ1v) is 8.93. The largest absolute Gasteiger partial charge is 0.497 e. The number of carbonyl (C=O) groups is 2. The van der Waals surface area contributed by atoms with Gasteiger partial charge in [0.05, 0.1) is 13.7 Å². The standard InChI is InChI=1S/C19H18BrFN2O3/c1-3-19(13-5-8-15(26-2)9-6-13)17(24)23(18(25)22-19)11-12-4-7-14(20)10-16(12)21/h4-10H,3,11H2,1-2H3,(H,22,25)/t19-/m1/s1. The van der Waals surface area contributed by atoms with Gasteiger partial charge in [0.25, 0.3) is 5.91 Å². The second-order valence-electron chi connectivity index (χ2n) is 6.04. The Kier molecular flexibility index (Phi) is 5.00. The second kappa shape index (κ2) is 7.07. The maximum Gasteiger partial charge on any atom is 0.325 e. The van der Waals surface area contributed by atoms with E-state index in [-0.39, 0.29) is 12.1 Å². The first kappa shape index (κ1) is 18.4. The van der Waals surface area contributed by atoms with Crippen molar-refractivity contribution in [2.24, 2.45) is 0 Å². The molecule has 1 heterocycles. The number of halogens is 2. The Morgan fingerprint density at radius 3 is 2.46 bits per heavy atom. The summed E-state index contributed by atoms with van der Waals surface area (Å²) in [6, 6.07) is 11.0. The lowest BCUT2D eigenvalue weighted by Gasteiger charge is -2.26. The molecule has 3 rings (SSSR count). The van der Waals surface area contributed by atoms with Gasteiger partial charge >= 0.3 is 6.03 Å². The molecule has 1 atom stereocenters. The van der Waals surface area contributed by atoms with Crippen LogP contribution in [0.4, 0.5) is 9.18 Å². The number of carbonyl (C=O) groups excluding carboxylic acids is 2. The van der Waals surface area contributed by atoms with E-state index in [1.54, 1.807) is 43.5 Å². The molecule has 1 fully saturated rings. The Labute approximate surface area is 159 Å². The number of hydrogen-bond donors (Lipinski definition) is 1. The average Bonchev–Trinajstić information content (AvgIpc) is 2.89. The van der Waals surface area contributed by atoms with E-state index in [1.807, 2.05) is 6.92 Å². The van der Waals surface area contributed by atoms with Crippen LogP contribution in [0.25, 0.3) is 0 Å². The minimum Gasteiger partial charge on any atom is -0.497 e. The number of nitrogens with zero attached hydrogens (tertiary/aromatic N) is 1. The van der Waals surface area contributed by atoms with Crippen LogP contribution >= 0.6 is 15.9 Å². The quantitative estimate of drug-likeness (QED) is 0.744. The molecular weight excluding hydrogens is 403 g/mol. The van der Waals surface area contributed by atoms with Crippen LogP contribution in [0.5, 0.6) is 5.75 Å². The number of ether oxygens (including phenoxy) is 1. The normalized spacial score (nSPS) is 19.6. The lowest BCUT2D eigenvalue weighted by molar-refractivity contribution is -0.132. The Bertz CT molecular complexity index is 856. The van der Waals surface area contributed by atoms with Gasteiger partial charge in [0.1, 0.15) is 17.1 Å². The highest BCUT2D eigenvalue weighted by Gasteiger charge is 2.51. The summed E-state index contributed by atoms with van der Waals surface area (Å²) >= 11 is 3.19. The molecule has 136 valence electrons. The van der Waals surface area contributed by atoms with E-state index in [9.17, 15) is 14.0 Å². The van der Waals surface area contributed by atoms with Gasteiger partial charge in [-0.05, 0) is 36.2 Å². The van der Waals surface area contributed by atoms with E-state index in [2.05, 4.69) is 21.2 Å². The number of urea groups is 1. The summed E-state index contributed by atoms with van der Waals surface area (Å²) in [6.07, 6.45) is 0.378. The van der Waals surface area contributed by atoms with E-state index in [1.165, 1.54) is 6.07 Å². The molecule has 1 saturated heterocycles. The molecule has 1 N–H and O–H groups in total. The summed E-state index contributed by atoms with van der Waals surface area (Å²) in [6.45, 7) is 1.70. The zero-order valence-electron chi connectivity index (χ0n) is 14.4. The summed E-state index contributed by atoms with van der Waals surface area (Å²) in [5, 5.41) is 2.79. The smallest absolute Gasteiger partial charge is 0.325 e. The molecule has 2 aromatic rings. The van der Waals surface area contributed by atoms with Crippen molar-refractivity contribution < 1.29 is 18.7 Å². The van der Waals surface area contributed by atoms with Crippen LogP contribution in [0.2, 0.25) is 0 Å². The van der Waals surface area contributed by atoms with Crippen molar-refractivity contribution in [3.63, 3.8) is 0 Å². The van der Waals surface area contributed by atoms with Crippen LogP contribution in [0.1, 0.15) is 24.5 Å². The minimum atomic E-state index is -1.16. The third kappa shape index (κ3) is 3.07. The summed E-state index contributed by atoms with van der Waals surface area (Å²) < 4.78 is 19.9. The number of hydrogen-bond acceptors (Lipinski definition) is 3. The zero-order chi connectivity index (χ0) is 18.9. The number of methoxy groups -OCH3 is 1. The van der Waals surface area contributed by atoms with Gasteiger partial charge in [-0.2, -0.15) is 0 Å². The number of benzene rings is 2. The van der Waals surface area contributed by atoms with Gasteiger partial charge < -0.3 is 10.1 Å². The lowest BCUT2D eigenvalue weighted by atomic mass is 9.87. The van der Waals surface area contributed by atoms with Crippen LogP contribution in [-0.4, -0.2) is 23.9 Å². The third-order valence-electron chi connectivity index (χ3n) is 4.63. The molecular formula is C19H18BrFN2O3. The average molecular weight is 421 g/mol. The van der Waals surface area contributed by atoms with Crippen molar-refractivity contribution in [1.29, 1.82) is 0 Å². The molecule has 0 aliphatic carbocycles. The molecule has 0 bridgehead atoms. The van der Waals surface area contributed by atoms with E-state index >= 15 is 0 Å². The van der Waals surface area contributed by atoms with Gasteiger partial charge in [0.2, 0.25) is 0 Å². The van der Waals surface area contributed by atoms with Crippen molar-refractivity contribution in [2.45, 2.75) is 25.4 Å². The molecule has 26 heavy (non-hydrogen) atoms. The molecule has 7 heteroatoms. The Morgan fingerprint density at radius 2 is 1.88 bits per heavy atom. The molecule has 1 aliphatic heterocycles. The van der Waals surface area contributed by atoms with E-state index in [0.717, 1.165) is 4.90 Å². The van der Waals surface area contributed by atoms with E-state index in [0.29, 0.717) is 22.2 Å². The fraction of sp³-hybridized carbons (Fsp3) is 0.263. The second-order valence-corrected chi connectivity index (χ2v) is 6.96. The zero-order valence-corrected chi connectivity index (χ0v) is 16.0. The van der Waals surface area contributed by atoms with E-state index in [4.69, 9.17) is 4.74 Å². The summed E-state index contributed by atoms with van der Waals surface area (Å²) in [5.41, 5.74) is -0.217. The molecule has 0 unspecified atom stereocenters. The van der Waals surface area contributed by atoms with Gasteiger partial charge in [0, 0.05) is 10.0 Å². The first-order valence-electron chi connectivity index (χ1n) is 8.14. The number of rotatable bonds is 5. The Hall–Kier alpha value is -2.41. The van der Waals surface area contributed by atoms with Crippen LogP contribution in [-0.2, 0) is 16.9 Å². The van der Waals surface area contributed by atoms with Crippen molar-refractivity contribution in [3.8, 4) is 5.75 Å². The number of amides is 3. The van der Waals surface area contributed by atoms with Crippen LogP contribution in [0.3, 0.4) is 0 Å². The summed E-state index contributed by atoms with van der Waals surface area (Å²) in [5.74, 6) is -0.207. The molecule has 0 aromatic heterocycles.